The minimum Gasteiger partial charge on any atom is -0.342 e. The van der Waals surface area contributed by atoms with E-state index in [1.54, 1.807) is 12.1 Å². The van der Waals surface area contributed by atoms with Crippen LogP contribution in [0.1, 0.15) is 24.8 Å². The monoisotopic (exact) mass is 396 g/mol. The van der Waals surface area contributed by atoms with Gasteiger partial charge in [-0.25, -0.2) is 0 Å². The molecule has 1 saturated heterocycles. The lowest BCUT2D eigenvalue weighted by Crippen LogP contribution is -2.40. The second-order valence-electron chi connectivity index (χ2n) is 7.88. The van der Waals surface area contributed by atoms with Crippen molar-refractivity contribution < 1.29 is 9.59 Å². The topological polar surface area (TPSA) is 49.4 Å². The van der Waals surface area contributed by atoms with Crippen molar-refractivity contribution >= 4 is 29.1 Å². The number of anilines is 1. The summed E-state index contributed by atoms with van der Waals surface area (Å²) in [6.45, 7) is 1.59. The number of hydrogen-bond acceptors (Lipinski definition) is 2. The van der Waals surface area contributed by atoms with Crippen molar-refractivity contribution in [3.63, 3.8) is 0 Å². The second kappa shape index (κ2) is 8.36. The molecule has 1 saturated carbocycles. The van der Waals surface area contributed by atoms with Crippen LogP contribution in [0.25, 0.3) is 0 Å². The molecule has 0 bridgehead atoms. The van der Waals surface area contributed by atoms with E-state index < -0.39 is 0 Å². The van der Waals surface area contributed by atoms with Gasteiger partial charge in [-0.05, 0) is 49.3 Å². The van der Waals surface area contributed by atoms with Crippen LogP contribution in [-0.2, 0) is 16.0 Å². The minimum atomic E-state index is -0.231. The summed E-state index contributed by atoms with van der Waals surface area (Å²) in [6.07, 6.45) is 3.78. The predicted molar refractivity (Wildman–Crippen MR) is 111 cm³/mol. The van der Waals surface area contributed by atoms with Gasteiger partial charge >= 0.3 is 0 Å². The summed E-state index contributed by atoms with van der Waals surface area (Å²) in [7, 11) is 0. The average Bonchev–Trinajstić information content (AvgIpc) is 3.52. The van der Waals surface area contributed by atoms with Crippen molar-refractivity contribution in [3.05, 3.63) is 65.2 Å². The molecule has 4 nitrogen and oxygen atoms in total. The van der Waals surface area contributed by atoms with Crippen molar-refractivity contribution in [1.29, 1.82) is 0 Å². The standard InChI is InChI=1S/C23H25ClN2O2/c24-20-8-4-5-9-21(20)25-22(27)18-15-19(18)23(28)26-12-10-17(11-13-26)14-16-6-2-1-3-7-16/h1-9,17-19H,10-15H2,(H,25,27). The van der Waals surface area contributed by atoms with Crippen LogP contribution in [0.5, 0.6) is 0 Å². The molecule has 28 heavy (non-hydrogen) atoms. The molecule has 4 rings (SSSR count). The van der Waals surface area contributed by atoms with Gasteiger partial charge < -0.3 is 10.2 Å². The van der Waals surface area contributed by atoms with Gasteiger partial charge in [-0.1, -0.05) is 54.1 Å². The van der Waals surface area contributed by atoms with Gasteiger partial charge in [0.05, 0.1) is 22.5 Å². The molecular weight excluding hydrogens is 372 g/mol. The lowest BCUT2D eigenvalue weighted by Gasteiger charge is -2.32. The zero-order valence-electron chi connectivity index (χ0n) is 15.8. The Kier molecular flexibility index (Phi) is 5.67. The van der Waals surface area contributed by atoms with Crippen LogP contribution < -0.4 is 5.32 Å². The van der Waals surface area contributed by atoms with Gasteiger partial charge in [0.1, 0.15) is 0 Å². The zero-order chi connectivity index (χ0) is 19.5. The molecule has 1 aliphatic carbocycles. The first-order valence-corrected chi connectivity index (χ1v) is 10.4. The maximum Gasteiger partial charge on any atom is 0.228 e. The lowest BCUT2D eigenvalue weighted by atomic mass is 9.90. The van der Waals surface area contributed by atoms with Gasteiger partial charge in [0.15, 0.2) is 0 Å². The highest BCUT2D eigenvalue weighted by atomic mass is 35.5. The van der Waals surface area contributed by atoms with Gasteiger partial charge in [-0.2, -0.15) is 0 Å². The third-order valence-corrected chi connectivity index (χ3v) is 6.20. The van der Waals surface area contributed by atoms with Crippen LogP contribution in [0.4, 0.5) is 5.69 Å². The fourth-order valence-corrected chi connectivity index (χ4v) is 4.27. The second-order valence-corrected chi connectivity index (χ2v) is 8.28. The van der Waals surface area contributed by atoms with Crippen LogP contribution in [0.15, 0.2) is 54.6 Å². The van der Waals surface area contributed by atoms with E-state index >= 15 is 0 Å². The first kappa shape index (κ1) is 19.0. The highest BCUT2D eigenvalue weighted by Crippen LogP contribution is 2.42. The molecule has 2 fully saturated rings. The van der Waals surface area contributed by atoms with E-state index in [2.05, 4.69) is 29.6 Å². The SMILES string of the molecule is O=C(Nc1ccccc1Cl)C1CC1C(=O)N1CCC(Cc2ccccc2)CC1. The largest absolute Gasteiger partial charge is 0.342 e. The number of nitrogens with zero attached hydrogens (tertiary/aromatic N) is 1. The zero-order valence-corrected chi connectivity index (χ0v) is 16.6. The first-order valence-electron chi connectivity index (χ1n) is 10.00. The Morgan fingerprint density at radius 2 is 1.64 bits per heavy atom. The third kappa shape index (κ3) is 4.39. The highest BCUT2D eigenvalue weighted by Gasteiger charge is 2.49. The Hall–Kier alpha value is -2.33. The molecule has 1 aliphatic heterocycles. The molecule has 0 spiro atoms. The minimum absolute atomic E-state index is 0.106. The number of benzene rings is 2. The summed E-state index contributed by atoms with van der Waals surface area (Å²) in [5.41, 5.74) is 1.97. The van der Waals surface area contributed by atoms with E-state index in [1.165, 1.54) is 5.56 Å². The smallest absolute Gasteiger partial charge is 0.228 e. The fraction of sp³-hybridized carbons (Fsp3) is 0.391. The summed E-state index contributed by atoms with van der Waals surface area (Å²) in [5, 5.41) is 3.37. The van der Waals surface area contributed by atoms with Gasteiger partial charge in [0.25, 0.3) is 0 Å². The van der Waals surface area contributed by atoms with Gasteiger partial charge in [-0.3, -0.25) is 9.59 Å². The third-order valence-electron chi connectivity index (χ3n) is 5.87. The van der Waals surface area contributed by atoms with E-state index in [-0.39, 0.29) is 23.7 Å². The number of nitrogens with one attached hydrogen (secondary N) is 1. The summed E-state index contributed by atoms with van der Waals surface area (Å²) in [4.78, 5) is 27.2. The fourth-order valence-electron chi connectivity index (χ4n) is 4.09. The quantitative estimate of drug-likeness (QED) is 0.814. The van der Waals surface area contributed by atoms with E-state index in [4.69, 9.17) is 11.6 Å². The summed E-state index contributed by atoms with van der Waals surface area (Å²) < 4.78 is 0. The van der Waals surface area contributed by atoms with E-state index in [1.807, 2.05) is 23.1 Å². The predicted octanol–water partition coefficient (Wildman–Crippen LogP) is 4.40. The number of piperidine rings is 1. The molecule has 2 atom stereocenters. The normalized spacial score (nSPS) is 22.0. The van der Waals surface area contributed by atoms with E-state index in [0.29, 0.717) is 23.0 Å². The molecule has 2 aromatic rings. The van der Waals surface area contributed by atoms with E-state index in [9.17, 15) is 9.59 Å². The number of rotatable bonds is 5. The number of carbonyl (C=O) groups excluding carboxylic acids is 2. The van der Waals surface area contributed by atoms with Crippen molar-refractivity contribution in [2.45, 2.75) is 25.7 Å². The maximum absolute atomic E-state index is 12.8. The summed E-state index contributed by atoms with van der Waals surface area (Å²) >= 11 is 6.10. The Bertz CT molecular complexity index is 847. The van der Waals surface area contributed by atoms with Gasteiger partial charge in [-0.15, -0.1) is 0 Å². The number of halogens is 1. The Labute approximate surface area is 170 Å². The van der Waals surface area contributed by atoms with Crippen LogP contribution in [0.2, 0.25) is 5.02 Å². The maximum atomic E-state index is 12.8. The molecule has 2 unspecified atom stereocenters. The number of amides is 2. The molecule has 0 radical (unpaired) electrons. The van der Waals surface area contributed by atoms with E-state index in [0.717, 1.165) is 32.4 Å². The molecule has 1 heterocycles. The van der Waals surface area contributed by atoms with Crippen LogP contribution >= 0.6 is 11.6 Å². The first-order chi connectivity index (χ1) is 13.6. The van der Waals surface area contributed by atoms with Gasteiger partial charge in [0.2, 0.25) is 11.8 Å². The van der Waals surface area contributed by atoms with Crippen molar-refractivity contribution in [1.82, 2.24) is 4.90 Å². The average molecular weight is 397 g/mol. The van der Waals surface area contributed by atoms with Crippen molar-refractivity contribution in [3.8, 4) is 0 Å². The summed E-state index contributed by atoms with van der Waals surface area (Å²) in [5.74, 6) is 0.256. The van der Waals surface area contributed by atoms with Crippen LogP contribution in [0.3, 0.4) is 0 Å². The molecule has 1 N–H and O–H groups in total. The van der Waals surface area contributed by atoms with Crippen LogP contribution in [-0.4, -0.2) is 29.8 Å². The van der Waals surface area contributed by atoms with Gasteiger partial charge in [0, 0.05) is 13.1 Å². The van der Waals surface area contributed by atoms with Crippen molar-refractivity contribution in [2.75, 3.05) is 18.4 Å². The molecule has 5 heteroatoms. The number of carbonyl (C=O) groups is 2. The number of para-hydroxylation sites is 1. The lowest BCUT2D eigenvalue weighted by molar-refractivity contribution is -0.135. The molecule has 146 valence electrons. The highest BCUT2D eigenvalue weighted by molar-refractivity contribution is 6.33. The Morgan fingerprint density at radius 3 is 2.36 bits per heavy atom. The Morgan fingerprint density at radius 1 is 0.964 bits per heavy atom. The molecule has 2 aromatic carbocycles. The molecule has 2 amide bonds. The van der Waals surface area contributed by atoms with Crippen molar-refractivity contribution in [2.24, 2.45) is 17.8 Å². The van der Waals surface area contributed by atoms with Crippen LogP contribution in [0, 0.1) is 17.8 Å². The molecular formula is C23H25ClN2O2. The Balaban J connectivity index is 1.25. The number of hydrogen-bond donors (Lipinski definition) is 1. The number of likely N-dealkylation sites (tertiary alicyclic amines) is 1. The molecule has 0 aromatic heterocycles. The molecule has 2 aliphatic rings. The summed E-state index contributed by atoms with van der Waals surface area (Å²) in [6, 6.07) is 17.7.